The van der Waals surface area contributed by atoms with E-state index in [-0.39, 0.29) is 0 Å². The SMILES string of the molecule is Cc1cc(Cn2cc(Cl)c(C)n2)oc1CNC1CC1. The Kier molecular flexibility index (Phi) is 3.37. The number of halogens is 1. The second-order valence-electron chi connectivity index (χ2n) is 5.23. The van der Waals surface area contributed by atoms with Crippen molar-refractivity contribution in [3.8, 4) is 0 Å². The van der Waals surface area contributed by atoms with Gasteiger partial charge in [-0.25, -0.2) is 0 Å². The average molecular weight is 280 g/mol. The lowest BCUT2D eigenvalue weighted by atomic mass is 10.2. The molecule has 0 unspecified atom stereocenters. The molecule has 0 aromatic carbocycles. The first-order valence-electron chi connectivity index (χ1n) is 6.63. The van der Waals surface area contributed by atoms with Crippen molar-refractivity contribution >= 4 is 11.6 Å². The van der Waals surface area contributed by atoms with Crippen LogP contribution >= 0.6 is 11.6 Å². The van der Waals surface area contributed by atoms with E-state index in [1.807, 2.05) is 17.8 Å². The largest absolute Gasteiger partial charge is 0.462 e. The van der Waals surface area contributed by atoms with E-state index in [0.717, 1.165) is 23.8 Å². The summed E-state index contributed by atoms with van der Waals surface area (Å²) in [5.41, 5.74) is 2.04. The van der Waals surface area contributed by atoms with Gasteiger partial charge in [0.1, 0.15) is 11.5 Å². The number of nitrogens with one attached hydrogen (secondary N) is 1. The summed E-state index contributed by atoms with van der Waals surface area (Å²) in [6.45, 7) is 5.42. The standard InChI is InChI=1S/C14H18ClN3O/c1-9-5-12(7-18-8-13(15)10(2)17-18)19-14(9)6-16-11-3-4-11/h5,8,11,16H,3-4,6-7H2,1-2H3. The molecule has 1 saturated carbocycles. The summed E-state index contributed by atoms with van der Waals surface area (Å²) in [7, 11) is 0. The highest BCUT2D eigenvalue weighted by Gasteiger charge is 2.21. The molecule has 4 nitrogen and oxygen atoms in total. The number of nitrogens with zero attached hydrogens (tertiary/aromatic N) is 2. The molecule has 0 radical (unpaired) electrons. The minimum Gasteiger partial charge on any atom is -0.462 e. The van der Waals surface area contributed by atoms with Crippen molar-refractivity contribution in [1.82, 2.24) is 15.1 Å². The van der Waals surface area contributed by atoms with Crippen LogP contribution < -0.4 is 5.32 Å². The molecule has 2 aromatic heterocycles. The van der Waals surface area contributed by atoms with Gasteiger partial charge in [0.25, 0.3) is 0 Å². The predicted octanol–water partition coefficient (Wildman–Crippen LogP) is 3.05. The predicted molar refractivity (Wildman–Crippen MR) is 74.4 cm³/mol. The van der Waals surface area contributed by atoms with Gasteiger partial charge in [0, 0.05) is 12.2 Å². The molecule has 0 aliphatic heterocycles. The normalized spacial score (nSPS) is 15.1. The van der Waals surface area contributed by atoms with Crippen LogP contribution in [0.25, 0.3) is 0 Å². The third-order valence-electron chi connectivity index (χ3n) is 3.40. The number of furan rings is 1. The Morgan fingerprint density at radius 2 is 2.26 bits per heavy atom. The molecule has 1 fully saturated rings. The molecule has 2 aromatic rings. The lowest BCUT2D eigenvalue weighted by molar-refractivity contribution is 0.428. The van der Waals surface area contributed by atoms with Gasteiger partial charge >= 0.3 is 0 Å². The van der Waals surface area contributed by atoms with Gasteiger partial charge in [-0.2, -0.15) is 5.10 Å². The van der Waals surface area contributed by atoms with Gasteiger partial charge in [0.15, 0.2) is 0 Å². The van der Waals surface area contributed by atoms with E-state index in [4.69, 9.17) is 16.0 Å². The lowest BCUT2D eigenvalue weighted by Crippen LogP contribution is -2.15. The van der Waals surface area contributed by atoms with Crippen molar-refractivity contribution in [3.63, 3.8) is 0 Å². The summed E-state index contributed by atoms with van der Waals surface area (Å²) in [5.74, 6) is 1.95. The molecule has 19 heavy (non-hydrogen) atoms. The summed E-state index contributed by atoms with van der Waals surface area (Å²) in [6.07, 6.45) is 4.41. The van der Waals surface area contributed by atoms with Crippen LogP contribution in [0.2, 0.25) is 5.02 Å². The fourth-order valence-electron chi connectivity index (χ4n) is 2.10. The third kappa shape index (κ3) is 3.01. The van der Waals surface area contributed by atoms with E-state index < -0.39 is 0 Å². The number of rotatable bonds is 5. The molecule has 1 N–H and O–H groups in total. The number of aromatic nitrogens is 2. The van der Waals surface area contributed by atoms with Crippen molar-refractivity contribution < 1.29 is 4.42 Å². The Morgan fingerprint density at radius 1 is 1.47 bits per heavy atom. The van der Waals surface area contributed by atoms with Crippen LogP contribution in [-0.2, 0) is 13.1 Å². The molecule has 2 heterocycles. The van der Waals surface area contributed by atoms with E-state index in [1.165, 1.54) is 18.4 Å². The number of hydrogen-bond donors (Lipinski definition) is 1. The van der Waals surface area contributed by atoms with E-state index in [0.29, 0.717) is 17.6 Å². The van der Waals surface area contributed by atoms with Gasteiger partial charge in [-0.05, 0) is 38.3 Å². The summed E-state index contributed by atoms with van der Waals surface area (Å²) in [5, 5.41) is 8.50. The fraction of sp³-hybridized carbons (Fsp3) is 0.500. The lowest BCUT2D eigenvalue weighted by Gasteiger charge is -2.00. The van der Waals surface area contributed by atoms with E-state index >= 15 is 0 Å². The number of aryl methyl sites for hydroxylation is 2. The molecule has 0 saturated heterocycles. The van der Waals surface area contributed by atoms with Crippen molar-refractivity contribution in [2.45, 2.75) is 45.8 Å². The molecule has 102 valence electrons. The molecule has 3 rings (SSSR count). The van der Waals surface area contributed by atoms with Crippen LogP contribution in [0.3, 0.4) is 0 Å². The molecule has 0 spiro atoms. The molecule has 0 atom stereocenters. The van der Waals surface area contributed by atoms with Gasteiger partial charge in [0.2, 0.25) is 0 Å². The van der Waals surface area contributed by atoms with Crippen LogP contribution in [0.5, 0.6) is 0 Å². The Hall–Kier alpha value is -1.26. The van der Waals surface area contributed by atoms with Crippen LogP contribution in [0.1, 0.15) is 35.6 Å². The Labute approximate surface area is 117 Å². The number of hydrogen-bond acceptors (Lipinski definition) is 3. The quantitative estimate of drug-likeness (QED) is 0.915. The van der Waals surface area contributed by atoms with Crippen LogP contribution in [0.4, 0.5) is 0 Å². The van der Waals surface area contributed by atoms with Crippen LogP contribution in [-0.4, -0.2) is 15.8 Å². The first kappa shape index (κ1) is 12.8. The zero-order valence-electron chi connectivity index (χ0n) is 11.2. The summed E-state index contributed by atoms with van der Waals surface area (Å²) in [6, 6.07) is 2.77. The van der Waals surface area contributed by atoms with Gasteiger partial charge < -0.3 is 9.73 Å². The topological polar surface area (TPSA) is 43.0 Å². The van der Waals surface area contributed by atoms with Crippen molar-refractivity contribution in [1.29, 1.82) is 0 Å². The fourth-order valence-corrected chi connectivity index (χ4v) is 2.25. The average Bonchev–Trinajstić information content (AvgIpc) is 3.04. The molecular formula is C14H18ClN3O. The van der Waals surface area contributed by atoms with E-state index in [9.17, 15) is 0 Å². The van der Waals surface area contributed by atoms with E-state index in [2.05, 4.69) is 23.4 Å². The summed E-state index contributed by atoms with van der Waals surface area (Å²) >= 11 is 6.00. The smallest absolute Gasteiger partial charge is 0.126 e. The molecule has 1 aliphatic rings. The highest BCUT2D eigenvalue weighted by Crippen LogP contribution is 2.22. The second-order valence-corrected chi connectivity index (χ2v) is 5.64. The first-order chi connectivity index (χ1) is 9.11. The Balaban J connectivity index is 1.68. The van der Waals surface area contributed by atoms with E-state index in [1.54, 1.807) is 0 Å². The summed E-state index contributed by atoms with van der Waals surface area (Å²) < 4.78 is 7.69. The van der Waals surface area contributed by atoms with Gasteiger partial charge in [-0.15, -0.1) is 0 Å². The first-order valence-corrected chi connectivity index (χ1v) is 7.01. The zero-order valence-corrected chi connectivity index (χ0v) is 12.0. The maximum atomic E-state index is 6.00. The second kappa shape index (κ2) is 5.02. The molecule has 0 amide bonds. The minimum atomic E-state index is 0.623. The molecule has 1 aliphatic carbocycles. The maximum Gasteiger partial charge on any atom is 0.126 e. The molecule has 5 heteroatoms. The molecular weight excluding hydrogens is 262 g/mol. The molecule has 0 bridgehead atoms. The maximum absolute atomic E-state index is 6.00. The van der Waals surface area contributed by atoms with Crippen molar-refractivity contribution in [2.24, 2.45) is 0 Å². The van der Waals surface area contributed by atoms with Gasteiger partial charge in [-0.1, -0.05) is 11.6 Å². The minimum absolute atomic E-state index is 0.623. The zero-order chi connectivity index (χ0) is 13.4. The van der Waals surface area contributed by atoms with Crippen LogP contribution in [0.15, 0.2) is 16.7 Å². The highest BCUT2D eigenvalue weighted by atomic mass is 35.5. The Morgan fingerprint density at radius 3 is 2.89 bits per heavy atom. The summed E-state index contributed by atoms with van der Waals surface area (Å²) in [4.78, 5) is 0. The monoisotopic (exact) mass is 279 g/mol. The van der Waals surface area contributed by atoms with Crippen molar-refractivity contribution in [3.05, 3.63) is 40.1 Å². The van der Waals surface area contributed by atoms with Crippen LogP contribution in [0, 0.1) is 13.8 Å². The van der Waals surface area contributed by atoms with Gasteiger partial charge in [-0.3, -0.25) is 4.68 Å². The third-order valence-corrected chi connectivity index (χ3v) is 3.78. The van der Waals surface area contributed by atoms with Gasteiger partial charge in [0.05, 0.1) is 23.8 Å². The highest BCUT2D eigenvalue weighted by molar-refractivity contribution is 6.31. The van der Waals surface area contributed by atoms with Crippen molar-refractivity contribution in [2.75, 3.05) is 0 Å². The Bertz CT molecular complexity index is 564.